The number of guanidine groups is 1. The van der Waals surface area contributed by atoms with Crippen LogP contribution in [0.2, 0.25) is 0 Å². The van der Waals surface area contributed by atoms with Crippen LogP contribution in [0.1, 0.15) is 58.8 Å². The lowest BCUT2D eigenvalue weighted by Gasteiger charge is -2.33. The van der Waals surface area contributed by atoms with E-state index in [-0.39, 0.29) is 11.9 Å². The van der Waals surface area contributed by atoms with E-state index in [0.717, 1.165) is 51.4 Å². The monoisotopic (exact) mass is 368 g/mol. The van der Waals surface area contributed by atoms with Gasteiger partial charge in [0.15, 0.2) is 5.96 Å². The minimum atomic E-state index is -0.0386. The second-order valence-corrected chi connectivity index (χ2v) is 7.32. The molecule has 0 aromatic rings. The van der Waals surface area contributed by atoms with Crippen molar-refractivity contribution >= 4 is 11.9 Å². The van der Waals surface area contributed by atoms with Gasteiger partial charge in [-0.15, -0.1) is 0 Å². The van der Waals surface area contributed by atoms with E-state index in [1.807, 2.05) is 6.92 Å². The zero-order valence-electron chi connectivity index (χ0n) is 17.4. The summed E-state index contributed by atoms with van der Waals surface area (Å²) in [6.07, 6.45) is 8.00. The van der Waals surface area contributed by atoms with Gasteiger partial charge in [-0.05, 0) is 60.2 Å². The first kappa shape index (κ1) is 22.7. The molecule has 6 nitrogen and oxygen atoms in total. The maximum Gasteiger partial charge on any atom is 0.309 e. The third-order valence-corrected chi connectivity index (χ3v) is 4.77. The molecule has 6 heteroatoms. The van der Waals surface area contributed by atoms with Crippen LogP contribution in [0, 0.1) is 5.92 Å². The van der Waals surface area contributed by atoms with Crippen molar-refractivity contribution in [2.75, 3.05) is 53.4 Å². The Kier molecular flexibility index (Phi) is 12.1. The van der Waals surface area contributed by atoms with Gasteiger partial charge in [-0.1, -0.05) is 19.3 Å². The number of nitrogens with zero attached hydrogens (tertiary/aromatic N) is 3. The van der Waals surface area contributed by atoms with Gasteiger partial charge in [0.2, 0.25) is 0 Å². The molecule has 1 aliphatic heterocycles. The van der Waals surface area contributed by atoms with E-state index in [1.54, 1.807) is 0 Å². The van der Waals surface area contributed by atoms with Gasteiger partial charge in [0.25, 0.3) is 0 Å². The second-order valence-electron chi connectivity index (χ2n) is 7.32. The topological polar surface area (TPSA) is 57.2 Å². The predicted octanol–water partition coefficient (Wildman–Crippen LogP) is 2.74. The fourth-order valence-electron chi connectivity index (χ4n) is 3.27. The first-order valence-corrected chi connectivity index (χ1v) is 10.4. The number of unbranched alkanes of at least 4 members (excludes halogenated alkanes) is 4. The molecule has 0 aromatic carbocycles. The summed E-state index contributed by atoms with van der Waals surface area (Å²) in [7, 11) is 4.26. The van der Waals surface area contributed by atoms with Crippen LogP contribution in [-0.4, -0.2) is 75.2 Å². The molecule has 0 aromatic heterocycles. The molecule has 0 spiro atoms. The summed E-state index contributed by atoms with van der Waals surface area (Å²) in [5.41, 5.74) is 0. The zero-order chi connectivity index (χ0) is 19.2. The average Bonchev–Trinajstić information content (AvgIpc) is 2.63. The summed E-state index contributed by atoms with van der Waals surface area (Å²) in [6.45, 7) is 9.13. The molecule has 0 bridgehead atoms. The summed E-state index contributed by atoms with van der Waals surface area (Å²) in [6, 6.07) is 0. The Morgan fingerprint density at radius 2 is 1.77 bits per heavy atom. The molecule has 0 amide bonds. The number of carbonyl (C=O) groups excluding carboxylic acids is 1. The van der Waals surface area contributed by atoms with Crippen LogP contribution in [0.4, 0.5) is 0 Å². The number of hydrogen-bond acceptors (Lipinski definition) is 4. The van der Waals surface area contributed by atoms with E-state index in [1.165, 1.54) is 32.2 Å². The molecule has 1 rings (SSSR count). The Hall–Kier alpha value is -1.30. The van der Waals surface area contributed by atoms with Crippen LogP contribution in [0.3, 0.4) is 0 Å². The molecule has 0 atom stereocenters. The standard InChI is InChI=1S/C20H40N4O2/c1-5-21-20(22-14-10-8-7-9-11-15-23(3)4)24-16-12-18(13-17-24)19(25)26-6-2/h18H,5-17H2,1-4H3,(H,21,22). The van der Waals surface area contributed by atoms with Gasteiger partial charge in [0.1, 0.15) is 0 Å². The molecule has 1 fully saturated rings. The van der Waals surface area contributed by atoms with Crippen molar-refractivity contribution in [2.45, 2.75) is 58.8 Å². The van der Waals surface area contributed by atoms with Crippen LogP contribution >= 0.6 is 0 Å². The summed E-state index contributed by atoms with van der Waals surface area (Å²) >= 11 is 0. The van der Waals surface area contributed by atoms with E-state index in [2.05, 4.69) is 36.1 Å². The Morgan fingerprint density at radius 3 is 2.38 bits per heavy atom. The van der Waals surface area contributed by atoms with E-state index >= 15 is 0 Å². The lowest BCUT2D eigenvalue weighted by molar-refractivity contribution is -0.149. The maximum absolute atomic E-state index is 11.9. The Bertz CT molecular complexity index is 405. The molecule has 26 heavy (non-hydrogen) atoms. The largest absolute Gasteiger partial charge is 0.466 e. The van der Waals surface area contributed by atoms with E-state index in [9.17, 15) is 4.79 Å². The van der Waals surface area contributed by atoms with E-state index in [4.69, 9.17) is 9.73 Å². The summed E-state index contributed by atoms with van der Waals surface area (Å²) in [5.74, 6) is 1.02. The van der Waals surface area contributed by atoms with E-state index in [0.29, 0.717) is 6.61 Å². The van der Waals surface area contributed by atoms with Gasteiger partial charge in [-0.2, -0.15) is 0 Å². The van der Waals surface area contributed by atoms with Crippen molar-refractivity contribution in [1.29, 1.82) is 0 Å². The fraction of sp³-hybridized carbons (Fsp3) is 0.900. The van der Waals surface area contributed by atoms with Crippen molar-refractivity contribution in [3.63, 3.8) is 0 Å². The summed E-state index contributed by atoms with van der Waals surface area (Å²) in [5, 5.41) is 3.40. The Labute approximate surface area is 160 Å². The van der Waals surface area contributed by atoms with Gasteiger partial charge in [0.05, 0.1) is 12.5 Å². The SMILES string of the molecule is CCNC(=NCCCCCCCN(C)C)N1CCC(C(=O)OCC)CC1. The number of nitrogens with one attached hydrogen (secondary N) is 1. The molecule has 152 valence electrons. The molecule has 0 saturated carbocycles. The molecular formula is C20H40N4O2. The van der Waals surface area contributed by atoms with E-state index < -0.39 is 0 Å². The number of hydrogen-bond donors (Lipinski definition) is 1. The summed E-state index contributed by atoms with van der Waals surface area (Å²) in [4.78, 5) is 21.2. The third kappa shape index (κ3) is 9.41. The first-order valence-electron chi connectivity index (χ1n) is 10.4. The average molecular weight is 369 g/mol. The highest BCUT2D eigenvalue weighted by Gasteiger charge is 2.27. The van der Waals surface area contributed by atoms with Gasteiger partial charge < -0.3 is 19.9 Å². The lowest BCUT2D eigenvalue weighted by Crippen LogP contribution is -2.46. The predicted molar refractivity (Wildman–Crippen MR) is 109 cm³/mol. The minimum Gasteiger partial charge on any atom is -0.466 e. The normalized spacial score (nSPS) is 16.2. The number of piperidine rings is 1. The van der Waals surface area contributed by atoms with Gasteiger partial charge >= 0.3 is 5.97 Å². The lowest BCUT2D eigenvalue weighted by atomic mass is 9.97. The maximum atomic E-state index is 11.9. The Morgan fingerprint density at radius 1 is 1.12 bits per heavy atom. The number of aliphatic imine (C=N–C) groups is 1. The Balaban J connectivity index is 2.28. The van der Waals surface area contributed by atoms with Crippen molar-refractivity contribution in [2.24, 2.45) is 10.9 Å². The third-order valence-electron chi connectivity index (χ3n) is 4.77. The minimum absolute atomic E-state index is 0.0386. The smallest absolute Gasteiger partial charge is 0.309 e. The highest BCUT2D eigenvalue weighted by molar-refractivity contribution is 5.80. The number of ether oxygens (including phenoxy) is 1. The van der Waals surface area contributed by atoms with Crippen LogP contribution in [-0.2, 0) is 9.53 Å². The number of likely N-dealkylation sites (tertiary alicyclic amines) is 1. The molecule has 0 radical (unpaired) electrons. The first-order chi connectivity index (χ1) is 12.6. The summed E-state index contributed by atoms with van der Waals surface area (Å²) < 4.78 is 5.15. The number of rotatable bonds is 11. The number of esters is 1. The van der Waals surface area contributed by atoms with Gasteiger partial charge in [-0.25, -0.2) is 0 Å². The van der Waals surface area contributed by atoms with Crippen molar-refractivity contribution in [3.05, 3.63) is 0 Å². The molecule has 1 N–H and O–H groups in total. The molecule has 0 aliphatic carbocycles. The van der Waals surface area contributed by atoms with Gasteiger partial charge in [-0.3, -0.25) is 9.79 Å². The van der Waals surface area contributed by atoms with Crippen LogP contribution < -0.4 is 5.32 Å². The fourth-order valence-corrected chi connectivity index (χ4v) is 3.27. The van der Waals surface area contributed by atoms with Crippen molar-refractivity contribution < 1.29 is 9.53 Å². The molecule has 1 heterocycles. The van der Waals surface area contributed by atoms with Crippen molar-refractivity contribution in [1.82, 2.24) is 15.1 Å². The quantitative estimate of drug-likeness (QED) is 0.263. The van der Waals surface area contributed by atoms with Gasteiger partial charge in [0, 0.05) is 26.2 Å². The highest BCUT2D eigenvalue weighted by Crippen LogP contribution is 2.18. The van der Waals surface area contributed by atoms with Crippen molar-refractivity contribution in [3.8, 4) is 0 Å². The molecular weight excluding hydrogens is 328 g/mol. The van der Waals surface area contributed by atoms with Crippen LogP contribution in [0.25, 0.3) is 0 Å². The molecule has 0 unspecified atom stereocenters. The van der Waals surface area contributed by atoms with Crippen LogP contribution in [0.5, 0.6) is 0 Å². The second kappa shape index (κ2) is 13.8. The zero-order valence-corrected chi connectivity index (χ0v) is 17.4. The van der Waals surface area contributed by atoms with Crippen LogP contribution in [0.15, 0.2) is 4.99 Å². The molecule has 1 saturated heterocycles. The highest BCUT2D eigenvalue weighted by atomic mass is 16.5. The molecule has 1 aliphatic rings. The number of carbonyl (C=O) groups is 1.